The van der Waals surface area contributed by atoms with Gasteiger partial charge in [-0.2, -0.15) is 0 Å². The van der Waals surface area contributed by atoms with Crippen LogP contribution in [0.1, 0.15) is 24.2 Å². The Morgan fingerprint density at radius 2 is 2.15 bits per heavy atom. The molecule has 1 amide bonds. The molecule has 0 bridgehead atoms. The first-order chi connectivity index (χ1) is 9.61. The number of Topliss-reactive ketones (excluding diaryl/α,β-unsaturated/α-hetero) is 1. The fraction of sp³-hybridized carbons (Fsp3) is 0.467. The van der Waals surface area contributed by atoms with Crippen LogP contribution in [0.25, 0.3) is 0 Å². The number of carbonyl (C=O) groups is 2. The van der Waals surface area contributed by atoms with E-state index in [-0.39, 0.29) is 23.7 Å². The van der Waals surface area contributed by atoms with E-state index in [2.05, 4.69) is 10.6 Å². The SMILES string of the molecule is CCNC1COCC1C(=O)Nc1cccc(C(C)=O)c1. The van der Waals surface area contributed by atoms with Crippen molar-refractivity contribution in [3.05, 3.63) is 29.8 Å². The van der Waals surface area contributed by atoms with E-state index in [1.807, 2.05) is 6.92 Å². The third-order valence-electron chi connectivity index (χ3n) is 3.42. The van der Waals surface area contributed by atoms with Gasteiger partial charge < -0.3 is 15.4 Å². The maximum Gasteiger partial charge on any atom is 0.231 e. The number of hydrogen-bond acceptors (Lipinski definition) is 4. The first-order valence-corrected chi connectivity index (χ1v) is 6.84. The van der Waals surface area contributed by atoms with Crippen molar-refractivity contribution in [2.75, 3.05) is 25.1 Å². The summed E-state index contributed by atoms with van der Waals surface area (Å²) in [6.45, 7) is 5.30. The summed E-state index contributed by atoms with van der Waals surface area (Å²) in [7, 11) is 0. The lowest BCUT2D eigenvalue weighted by atomic mass is 10.0. The maximum absolute atomic E-state index is 12.3. The van der Waals surface area contributed by atoms with E-state index in [4.69, 9.17) is 4.74 Å². The number of ether oxygens (including phenoxy) is 1. The minimum atomic E-state index is -0.198. The minimum Gasteiger partial charge on any atom is -0.379 e. The lowest BCUT2D eigenvalue weighted by Gasteiger charge is -2.18. The second-order valence-corrected chi connectivity index (χ2v) is 4.93. The summed E-state index contributed by atoms with van der Waals surface area (Å²) in [4.78, 5) is 23.6. The Labute approximate surface area is 118 Å². The fourth-order valence-corrected chi connectivity index (χ4v) is 2.33. The quantitative estimate of drug-likeness (QED) is 0.799. The minimum absolute atomic E-state index is 0.0178. The lowest BCUT2D eigenvalue weighted by molar-refractivity contribution is -0.120. The van der Waals surface area contributed by atoms with Crippen LogP contribution in [-0.4, -0.2) is 37.5 Å². The van der Waals surface area contributed by atoms with Crippen molar-refractivity contribution < 1.29 is 14.3 Å². The van der Waals surface area contributed by atoms with Gasteiger partial charge in [0.25, 0.3) is 0 Å². The van der Waals surface area contributed by atoms with Gasteiger partial charge >= 0.3 is 0 Å². The molecule has 0 aliphatic carbocycles. The Kier molecular flexibility index (Phi) is 4.87. The number of likely N-dealkylation sites (N-methyl/N-ethyl adjacent to an activating group) is 1. The second kappa shape index (κ2) is 6.63. The summed E-state index contributed by atoms with van der Waals surface area (Å²) in [6, 6.07) is 7.02. The highest BCUT2D eigenvalue weighted by molar-refractivity contribution is 5.97. The molecule has 2 rings (SSSR count). The molecule has 5 nitrogen and oxygen atoms in total. The third-order valence-corrected chi connectivity index (χ3v) is 3.42. The Hall–Kier alpha value is -1.72. The van der Waals surface area contributed by atoms with Crippen LogP contribution in [0.5, 0.6) is 0 Å². The van der Waals surface area contributed by atoms with Crippen molar-refractivity contribution in [2.24, 2.45) is 5.92 Å². The van der Waals surface area contributed by atoms with Gasteiger partial charge in [0.1, 0.15) is 0 Å². The highest BCUT2D eigenvalue weighted by Gasteiger charge is 2.33. The van der Waals surface area contributed by atoms with E-state index in [1.54, 1.807) is 24.3 Å². The summed E-state index contributed by atoms with van der Waals surface area (Å²) in [5, 5.41) is 6.11. The van der Waals surface area contributed by atoms with Gasteiger partial charge in [-0.3, -0.25) is 9.59 Å². The van der Waals surface area contributed by atoms with Crippen LogP contribution in [0.2, 0.25) is 0 Å². The molecule has 1 heterocycles. The van der Waals surface area contributed by atoms with Crippen LogP contribution < -0.4 is 10.6 Å². The van der Waals surface area contributed by atoms with Gasteiger partial charge in [0, 0.05) is 17.3 Å². The van der Waals surface area contributed by atoms with Gasteiger partial charge in [0.05, 0.1) is 19.1 Å². The van der Waals surface area contributed by atoms with E-state index >= 15 is 0 Å². The van der Waals surface area contributed by atoms with E-state index in [1.165, 1.54) is 6.92 Å². The zero-order chi connectivity index (χ0) is 14.5. The number of carbonyl (C=O) groups excluding carboxylic acids is 2. The predicted molar refractivity (Wildman–Crippen MR) is 76.8 cm³/mol. The first-order valence-electron chi connectivity index (χ1n) is 6.84. The second-order valence-electron chi connectivity index (χ2n) is 4.93. The molecule has 20 heavy (non-hydrogen) atoms. The normalized spacial score (nSPS) is 21.7. The number of amides is 1. The molecule has 108 valence electrons. The first kappa shape index (κ1) is 14.7. The van der Waals surface area contributed by atoms with Crippen molar-refractivity contribution >= 4 is 17.4 Å². The number of benzene rings is 1. The molecular weight excluding hydrogens is 256 g/mol. The van der Waals surface area contributed by atoms with Crippen molar-refractivity contribution in [2.45, 2.75) is 19.9 Å². The molecule has 1 aromatic carbocycles. The Bertz CT molecular complexity index is 502. The largest absolute Gasteiger partial charge is 0.379 e. The number of ketones is 1. The van der Waals surface area contributed by atoms with E-state index < -0.39 is 0 Å². The van der Waals surface area contributed by atoms with Gasteiger partial charge in [-0.25, -0.2) is 0 Å². The topological polar surface area (TPSA) is 67.4 Å². The van der Waals surface area contributed by atoms with Gasteiger partial charge in [-0.1, -0.05) is 19.1 Å². The lowest BCUT2D eigenvalue weighted by Crippen LogP contribution is -2.41. The molecule has 0 saturated carbocycles. The average Bonchev–Trinajstić information content (AvgIpc) is 2.88. The van der Waals surface area contributed by atoms with Crippen LogP contribution in [0.4, 0.5) is 5.69 Å². The zero-order valence-electron chi connectivity index (χ0n) is 11.8. The molecule has 1 aromatic rings. The smallest absolute Gasteiger partial charge is 0.231 e. The molecule has 2 atom stereocenters. The monoisotopic (exact) mass is 276 g/mol. The van der Waals surface area contributed by atoms with E-state index in [0.717, 1.165) is 6.54 Å². The molecule has 5 heteroatoms. The molecule has 1 aliphatic rings. The number of rotatable bonds is 5. The zero-order valence-corrected chi connectivity index (χ0v) is 11.8. The molecule has 0 spiro atoms. The Balaban J connectivity index is 2.04. The van der Waals surface area contributed by atoms with Crippen molar-refractivity contribution in [1.29, 1.82) is 0 Å². The molecule has 1 aliphatic heterocycles. The number of nitrogens with one attached hydrogen (secondary N) is 2. The van der Waals surface area contributed by atoms with Gasteiger partial charge in [0.15, 0.2) is 5.78 Å². The fourth-order valence-electron chi connectivity index (χ4n) is 2.33. The summed E-state index contributed by atoms with van der Waals surface area (Å²) >= 11 is 0. The highest BCUT2D eigenvalue weighted by atomic mass is 16.5. The van der Waals surface area contributed by atoms with Gasteiger partial charge in [-0.15, -0.1) is 0 Å². The van der Waals surface area contributed by atoms with Crippen LogP contribution in [0, 0.1) is 5.92 Å². The summed E-state index contributed by atoms with van der Waals surface area (Å²) in [5.74, 6) is -0.291. The molecule has 0 aromatic heterocycles. The predicted octanol–water partition coefficient (Wildman–Crippen LogP) is 1.45. The van der Waals surface area contributed by atoms with Crippen LogP contribution >= 0.6 is 0 Å². The third kappa shape index (κ3) is 3.43. The summed E-state index contributed by atoms with van der Waals surface area (Å²) < 4.78 is 5.37. The summed E-state index contributed by atoms with van der Waals surface area (Å²) in [6.07, 6.45) is 0. The summed E-state index contributed by atoms with van der Waals surface area (Å²) in [5.41, 5.74) is 1.23. The highest BCUT2D eigenvalue weighted by Crippen LogP contribution is 2.18. The van der Waals surface area contributed by atoms with Crippen LogP contribution in [0.15, 0.2) is 24.3 Å². The molecular formula is C15H20N2O3. The molecule has 1 saturated heterocycles. The van der Waals surface area contributed by atoms with Gasteiger partial charge in [0.2, 0.25) is 5.91 Å². The number of anilines is 1. The molecule has 0 radical (unpaired) electrons. The number of hydrogen-bond donors (Lipinski definition) is 2. The standard InChI is InChI=1S/C15H20N2O3/c1-3-16-14-9-20-8-13(14)15(19)17-12-6-4-5-11(7-12)10(2)18/h4-7,13-14,16H,3,8-9H2,1-2H3,(H,17,19). The van der Waals surface area contributed by atoms with E-state index in [0.29, 0.717) is 24.5 Å². The average molecular weight is 276 g/mol. The van der Waals surface area contributed by atoms with Crippen molar-refractivity contribution in [3.8, 4) is 0 Å². The van der Waals surface area contributed by atoms with Crippen molar-refractivity contribution in [3.63, 3.8) is 0 Å². The Morgan fingerprint density at radius 1 is 1.35 bits per heavy atom. The van der Waals surface area contributed by atoms with E-state index in [9.17, 15) is 9.59 Å². The maximum atomic E-state index is 12.3. The Morgan fingerprint density at radius 3 is 2.85 bits per heavy atom. The van der Waals surface area contributed by atoms with Crippen LogP contribution in [-0.2, 0) is 9.53 Å². The molecule has 1 fully saturated rings. The molecule has 2 unspecified atom stereocenters. The van der Waals surface area contributed by atoms with Gasteiger partial charge in [-0.05, 0) is 25.6 Å². The van der Waals surface area contributed by atoms with Crippen LogP contribution in [0.3, 0.4) is 0 Å². The molecule has 2 N–H and O–H groups in total. The van der Waals surface area contributed by atoms with Crippen molar-refractivity contribution in [1.82, 2.24) is 5.32 Å².